The standard InChI is InChI=1S/C24H25FN10O/c25-21-17(4-5-20(33-21)18(13-26)19-3-1-6-27-19)22(36)32-16-14-30-24(31-15-16)35-11-9-34(10-12-35)23-28-7-2-8-29-23/h2,4-5,7-8,13-15H,1,3,6,9-12,26H2,(H,32,36)/b18-13+. The van der Waals surface area contributed by atoms with Gasteiger partial charge in [0.25, 0.3) is 5.91 Å². The number of nitrogens with one attached hydrogen (secondary N) is 1. The van der Waals surface area contributed by atoms with Crippen LogP contribution in [-0.2, 0) is 0 Å². The lowest BCUT2D eigenvalue weighted by Gasteiger charge is -2.34. The van der Waals surface area contributed by atoms with E-state index in [1.165, 1.54) is 24.7 Å². The van der Waals surface area contributed by atoms with Crippen molar-refractivity contribution in [2.75, 3.05) is 47.8 Å². The molecule has 0 saturated carbocycles. The molecule has 3 N–H and O–H groups in total. The van der Waals surface area contributed by atoms with Crippen LogP contribution in [0.25, 0.3) is 5.57 Å². The number of carbonyl (C=O) groups is 1. The van der Waals surface area contributed by atoms with Gasteiger partial charge in [0.1, 0.15) is 0 Å². The Morgan fingerprint density at radius 2 is 1.67 bits per heavy atom. The van der Waals surface area contributed by atoms with E-state index in [1.807, 2.05) is 4.90 Å². The van der Waals surface area contributed by atoms with E-state index in [1.54, 1.807) is 24.5 Å². The minimum absolute atomic E-state index is 0.188. The van der Waals surface area contributed by atoms with Gasteiger partial charge >= 0.3 is 0 Å². The number of halogens is 1. The van der Waals surface area contributed by atoms with Crippen molar-refractivity contribution in [1.29, 1.82) is 0 Å². The predicted octanol–water partition coefficient (Wildman–Crippen LogP) is 1.91. The lowest BCUT2D eigenvalue weighted by Crippen LogP contribution is -2.47. The van der Waals surface area contributed by atoms with Crippen molar-refractivity contribution in [2.45, 2.75) is 12.8 Å². The summed E-state index contributed by atoms with van der Waals surface area (Å²) in [5, 5.41) is 2.63. The van der Waals surface area contributed by atoms with Crippen LogP contribution in [0.1, 0.15) is 28.9 Å². The van der Waals surface area contributed by atoms with Gasteiger partial charge in [0.15, 0.2) is 0 Å². The van der Waals surface area contributed by atoms with Crippen LogP contribution in [0, 0.1) is 5.95 Å². The molecule has 184 valence electrons. The number of piperazine rings is 1. The molecule has 0 spiro atoms. The third kappa shape index (κ3) is 4.97. The number of amides is 1. The van der Waals surface area contributed by atoms with Gasteiger partial charge in [-0.3, -0.25) is 9.79 Å². The van der Waals surface area contributed by atoms with E-state index in [4.69, 9.17) is 5.73 Å². The summed E-state index contributed by atoms with van der Waals surface area (Å²) in [6.07, 6.45) is 9.51. The lowest BCUT2D eigenvalue weighted by atomic mass is 10.0. The molecule has 3 aromatic heterocycles. The van der Waals surface area contributed by atoms with Crippen molar-refractivity contribution in [2.24, 2.45) is 10.7 Å². The summed E-state index contributed by atoms with van der Waals surface area (Å²) in [7, 11) is 0. The van der Waals surface area contributed by atoms with Gasteiger partial charge in [0.2, 0.25) is 17.8 Å². The number of carbonyl (C=O) groups excluding carboxylic acids is 1. The lowest BCUT2D eigenvalue weighted by molar-refractivity contribution is 0.102. The Kier molecular flexibility index (Phi) is 6.74. The zero-order chi connectivity index (χ0) is 24.9. The van der Waals surface area contributed by atoms with Crippen molar-refractivity contribution in [3.05, 3.63) is 66.4 Å². The van der Waals surface area contributed by atoms with Crippen LogP contribution in [0.15, 0.2) is 54.2 Å². The monoisotopic (exact) mass is 488 g/mol. The molecule has 0 unspecified atom stereocenters. The van der Waals surface area contributed by atoms with E-state index in [-0.39, 0.29) is 5.56 Å². The van der Waals surface area contributed by atoms with E-state index < -0.39 is 11.9 Å². The second-order valence-electron chi connectivity index (χ2n) is 8.30. The number of pyridine rings is 1. The minimum Gasteiger partial charge on any atom is -0.404 e. The highest BCUT2D eigenvalue weighted by Gasteiger charge is 2.22. The molecule has 2 aliphatic heterocycles. The molecule has 12 heteroatoms. The zero-order valence-electron chi connectivity index (χ0n) is 19.5. The van der Waals surface area contributed by atoms with Gasteiger partial charge < -0.3 is 20.9 Å². The fourth-order valence-corrected chi connectivity index (χ4v) is 4.15. The molecule has 2 aliphatic rings. The minimum atomic E-state index is -0.888. The highest BCUT2D eigenvalue weighted by Crippen LogP contribution is 2.22. The van der Waals surface area contributed by atoms with Gasteiger partial charge in [-0.15, -0.1) is 0 Å². The quantitative estimate of drug-likeness (QED) is 0.498. The average Bonchev–Trinajstić information content (AvgIpc) is 3.45. The molecule has 0 atom stereocenters. The molecular formula is C24H25FN10O. The zero-order valence-corrected chi connectivity index (χ0v) is 19.5. The highest BCUT2D eigenvalue weighted by atomic mass is 19.1. The van der Waals surface area contributed by atoms with E-state index >= 15 is 0 Å². The molecule has 1 amide bonds. The molecule has 36 heavy (non-hydrogen) atoms. The number of aliphatic imine (C=N–C) groups is 1. The van der Waals surface area contributed by atoms with Gasteiger partial charge in [-0.05, 0) is 31.0 Å². The first-order valence-corrected chi connectivity index (χ1v) is 11.6. The van der Waals surface area contributed by atoms with E-state index in [9.17, 15) is 9.18 Å². The summed E-state index contributed by atoms with van der Waals surface area (Å²) in [5.41, 5.74) is 7.62. The maximum Gasteiger partial charge on any atom is 0.260 e. The number of anilines is 3. The van der Waals surface area contributed by atoms with Crippen LogP contribution in [0.4, 0.5) is 22.0 Å². The number of hydrogen-bond acceptors (Lipinski definition) is 10. The normalized spacial score (nSPS) is 16.1. The molecule has 0 bridgehead atoms. The molecule has 0 radical (unpaired) electrons. The van der Waals surface area contributed by atoms with Crippen LogP contribution >= 0.6 is 0 Å². The summed E-state index contributed by atoms with van der Waals surface area (Å²) in [6, 6.07) is 4.74. The number of nitrogens with two attached hydrogens (primary N) is 1. The number of aromatic nitrogens is 5. The largest absolute Gasteiger partial charge is 0.404 e. The van der Waals surface area contributed by atoms with Crippen LogP contribution < -0.4 is 20.9 Å². The van der Waals surface area contributed by atoms with Crippen molar-refractivity contribution in [3.63, 3.8) is 0 Å². The number of nitrogens with zero attached hydrogens (tertiary/aromatic N) is 8. The molecule has 0 aliphatic carbocycles. The van der Waals surface area contributed by atoms with Crippen LogP contribution in [-0.4, -0.2) is 69.3 Å². The van der Waals surface area contributed by atoms with Crippen LogP contribution in [0.5, 0.6) is 0 Å². The molecule has 1 fully saturated rings. The maximum atomic E-state index is 14.7. The van der Waals surface area contributed by atoms with Gasteiger partial charge in [0, 0.05) is 62.6 Å². The maximum absolute atomic E-state index is 14.7. The summed E-state index contributed by atoms with van der Waals surface area (Å²) in [4.78, 5) is 42.5. The Bertz CT molecular complexity index is 1290. The van der Waals surface area contributed by atoms with E-state index in [0.29, 0.717) is 41.9 Å². The van der Waals surface area contributed by atoms with Crippen molar-refractivity contribution in [1.82, 2.24) is 24.9 Å². The first-order valence-electron chi connectivity index (χ1n) is 11.6. The van der Waals surface area contributed by atoms with Gasteiger partial charge in [0.05, 0.1) is 29.3 Å². The first kappa shape index (κ1) is 23.3. The second kappa shape index (κ2) is 10.4. The van der Waals surface area contributed by atoms with Crippen LogP contribution in [0.2, 0.25) is 0 Å². The number of hydrogen-bond donors (Lipinski definition) is 2. The third-order valence-corrected chi connectivity index (χ3v) is 6.01. The Morgan fingerprint density at radius 3 is 2.25 bits per heavy atom. The molecule has 5 heterocycles. The van der Waals surface area contributed by atoms with Crippen molar-refractivity contribution < 1.29 is 9.18 Å². The Labute approximate surface area is 207 Å². The molecule has 3 aromatic rings. The van der Waals surface area contributed by atoms with Crippen LogP contribution in [0.3, 0.4) is 0 Å². The average molecular weight is 489 g/mol. The predicted molar refractivity (Wildman–Crippen MR) is 134 cm³/mol. The molecule has 11 nitrogen and oxygen atoms in total. The molecule has 5 rings (SSSR count). The number of rotatable bonds is 6. The summed E-state index contributed by atoms with van der Waals surface area (Å²) >= 11 is 0. The van der Waals surface area contributed by atoms with E-state index in [0.717, 1.165) is 38.2 Å². The third-order valence-electron chi connectivity index (χ3n) is 6.01. The number of allylic oxidation sites excluding steroid dienone is 1. The Hall–Kier alpha value is -4.48. The molecule has 1 saturated heterocycles. The van der Waals surface area contributed by atoms with Gasteiger partial charge in [-0.1, -0.05) is 0 Å². The van der Waals surface area contributed by atoms with Gasteiger partial charge in [-0.2, -0.15) is 4.39 Å². The fourth-order valence-electron chi connectivity index (χ4n) is 4.15. The van der Waals surface area contributed by atoms with Crippen molar-refractivity contribution >= 4 is 34.8 Å². The topological polar surface area (TPSA) is 138 Å². The Morgan fingerprint density at radius 1 is 1.00 bits per heavy atom. The molecule has 0 aromatic carbocycles. The molecular weight excluding hydrogens is 463 g/mol. The SMILES string of the molecule is N/C=C(\C1=NCCC1)c1ccc(C(=O)Nc2cnc(N3CCN(c4ncccn4)CC3)nc2)c(F)n1. The summed E-state index contributed by atoms with van der Waals surface area (Å²) in [5.74, 6) is -0.278. The smallest absolute Gasteiger partial charge is 0.260 e. The van der Waals surface area contributed by atoms with Gasteiger partial charge in [-0.25, -0.2) is 24.9 Å². The second-order valence-corrected chi connectivity index (χ2v) is 8.30. The fraction of sp³-hybridized carbons (Fsp3) is 0.292. The summed E-state index contributed by atoms with van der Waals surface area (Å²) < 4.78 is 14.7. The Balaban J connectivity index is 1.20. The highest BCUT2D eigenvalue weighted by molar-refractivity contribution is 6.23. The van der Waals surface area contributed by atoms with Crippen molar-refractivity contribution in [3.8, 4) is 0 Å². The van der Waals surface area contributed by atoms with E-state index in [2.05, 4.69) is 40.1 Å². The summed E-state index contributed by atoms with van der Waals surface area (Å²) in [6.45, 7) is 3.61. The first-order chi connectivity index (χ1) is 17.6.